The molecule has 0 saturated carbocycles. The number of benzene rings is 1. The first-order chi connectivity index (χ1) is 8.04. The first kappa shape index (κ1) is 14.4. The molecule has 1 aromatic carbocycles. The topological polar surface area (TPSA) is 29.5 Å². The number of aliphatic hydroxyl groups is 1. The SMILES string of the molecule is C=C(Br)S/C=C(\C)C(O)c1cccc(OC)c1. The van der Waals surface area contributed by atoms with E-state index in [1.54, 1.807) is 7.11 Å². The molecule has 0 radical (unpaired) electrons. The highest BCUT2D eigenvalue weighted by atomic mass is 79.9. The summed E-state index contributed by atoms with van der Waals surface area (Å²) in [5.41, 5.74) is 1.68. The first-order valence-electron chi connectivity index (χ1n) is 5.04. The maximum atomic E-state index is 10.1. The molecular formula is C13H15BrO2S. The van der Waals surface area contributed by atoms with Crippen molar-refractivity contribution >= 4 is 27.7 Å². The third-order valence-electron chi connectivity index (χ3n) is 2.21. The van der Waals surface area contributed by atoms with Gasteiger partial charge in [0.25, 0.3) is 0 Å². The minimum absolute atomic E-state index is 0.621. The quantitative estimate of drug-likeness (QED) is 0.881. The van der Waals surface area contributed by atoms with Crippen molar-refractivity contribution in [2.24, 2.45) is 0 Å². The molecule has 0 aliphatic carbocycles. The molecule has 1 N–H and O–H groups in total. The zero-order valence-corrected chi connectivity index (χ0v) is 12.2. The number of hydrogen-bond acceptors (Lipinski definition) is 3. The second kappa shape index (κ2) is 6.89. The van der Waals surface area contributed by atoms with Crippen LogP contribution in [0.2, 0.25) is 0 Å². The van der Waals surface area contributed by atoms with Crippen molar-refractivity contribution in [3.05, 3.63) is 51.2 Å². The van der Waals surface area contributed by atoms with E-state index in [1.165, 1.54) is 11.8 Å². The summed E-state index contributed by atoms with van der Waals surface area (Å²) < 4.78 is 5.94. The van der Waals surface area contributed by atoms with Crippen LogP contribution in [0.3, 0.4) is 0 Å². The Morgan fingerprint density at radius 1 is 1.59 bits per heavy atom. The van der Waals surface area contributed by atoms with Crippen LogP contribution in [0.25, 0.3) is 0 Å². The highest BCUT2D eigenvalue weighted by Crippen LogP contribution is 2.29. The second-order valence-corrected chi connectivity index (χ2v) is 5.96. The predicted octanol–water partition coefficient (Wildman–Crippen LogP) is 4.23. The minimum atomic E-state index is -0.621. The van der Waals surface area contributed by atoms with Crippen LogP contribution in [0.1, 0.15) is 18.6 Å². The summed E-state index contributed by atoms with van der Waals surface area (Å²) in [6, 6.07) is 7.42. The number of aliphatic hydroxyl groups excluding tert-OH is 1. The normalized spacial score (nSPS) is 13.3. The van der Waals surface area contributed by atoms with Gasteiger partial charge in [-0.1, -0.05) is 30.5 Å². The third-order valence-corrected chi connectivity index (χ3v) is 3.52. The van der Waals surface area contributed by atoms with Gasteiger partial charge in [-0.05, 0) is 51.5 Å². The van der Waals surface area contributed by atoms with Gasteiger partial charge in [-0.3, -0.25) is 0 Å². The van der Waals surface area contributed by atoms with Gasteiger partial charge in [0.05, 0.1) is 7.11 Å². The lowest BCUT2D eigenvalue weighted by Crippen LogP contribution is -1.99. The van der Waals surface area contributed by atoms with E-state index in [4.69, 9.17) is 4.74 Å². The number of ether oxygens (including phenoxy) is 1. The summed E-state index contributed by atoms with van der Waals surface area (Å²) >= 11 is 4.69. The van der Waals surface area contributed by atoms with Gasteiger partial charge in [-0.2, -0.15) is 0 Å². The van der Waals surface area contributed by atoms with Crippen LogP contribution in [0.15, 0.2) is 45.6 Å². The van der Waals surface area contributed by atoms with Gasteiger partial charge < -0.3 is 9.84 Å². The Kier molecular flexibility index (Phi) is 5.82. The molecule has 0 fully saturated rings. The summed E-state index contributed by atoms with van der Waals surface area (Å²) in [5, 5.41) is 12.0. The standard InChI is InChI=1S/C13H15BrO2S/c1-9(8-17-10(2)14)13(15)11-5-4-6-12(7-11)16-3/h4-8,13,15H,2H2,1,3H3/b9-8+. The fourth-order valence-corrected chi connectivity index (χ4v) is 2.02. The summed E-state index contributed by atoms with van der Waals surface area (Å²) in [5.74, 6) is 0.743. The van der Waals surface area contributed by atoms with E-state index < -0.39 is 6.10 Å². The zero-order chi connectivity index (χ0) is 12.8. The molecule has 0 heterocycles. The van der Waals surface area contributed by atoms with Gasteiger partial charge in [0.2, 0.25) is 0 Å². The van der Waals surface area contributed by atoms with Crippen molar-refractivity contribution in [2.45, 2.75) is 13.0 Å². The lowest BCUT2D eigenvalue weighted by molar-refractivity contribution is 0.215. The fourth-order valence-electron chi connectivity index (χ4n) is 1.30. The fraction of sp³-hybridized carbons (Fsp3) is 0.231. The van der Waals surface area contributed by atoms with Gasteiger partial charge in [0, 0.05) is 3.81 Å². The molecule has 1 unspecified atom stereocenters. The van der Waals surface area contributed by atoms with Crippen LogP contribution in [-0.4, -0.2) is 12.2 Å². The molecule has 1 aromatic rings. The van der Waals surface area contributed by atoms with Crippen LogP contribution in [0.4, 0.5) is 0 Å². The monoisotopic (exact) mass is 314 g/mol. The largest absolute Gasteiger partial charge is 0.497 e. The molecule has 0 amide bonds. The maximum absolute atomic E-state index is 10.1. The zero-order valence-electron chi connectivity index (χ0n) is 9.81. The molecule has 0 aliphatic rings. The highest BCUT2D eigenvalue weighted by molar-refractivity contribution is 9.14. The molecule has 1 atom stereocenters. The molecular weight excluding hydrogens is 300 g/mol. The summed E-state index contributed by atoms with van der Waals surface area (Å²) in [6.45, 7) is 5.60. The lowest BCUT2D eigenvalue weighted by Gasteiger charge is -2.12. The van der Waals surface area contributed by atoms with Gasteiger partial charge >= 0.3 is 0 Å². The van der Waals surface area contributed by atoms with Gasteiger partial charge in [-0.15, -0.1) is 0 Å². The van der Waals surface area contributed by atoms with Crippen molar-refractivity contribution in [1.82, 2.24) is 0 Å². The predicted molar refractivity (Wildman–Crippen MR) is 77.4 cm³/mol. The van der Waals surface area contributed by atoms with Crippen LogP contribution in [-0.2, 0) is 0 Å². The summed E-state index contributed by atoms with van der Waals surface area (Å²) in [7, 11) is 1.61. The van der Waals surface area contributed by atoms with Crippen molar-refractivity contribution in [1.29, 1.82) is 0 Å². The molecule has 0 aliphatic heterocycles. The minimum Gasteiger partial charge on any atom is -0.497 e. The van der Waals surface area contributed by atoms with E-state index in [0.29, 0.717) is 0 Å². The van der Waals surface area contributed by atoms with Crippen molar-refractivity contribution in [3.8, 4) is 5.75 Å². The summed E-state index contributed by atoms with van der Waals surface area (Å²) in [6.07, 6.45) is -0.621. The Balaban J connectivity index is 2.83. The van der Waals surface area contributed by atoms with Crippen LogP contribution in [0, 0.1) is 0 Å². The van der Waals surface area contributed by atoms with Gasteiger partial charge in [-0.25, -0.2) is 0 Å². The molecule has 2 nitrogen and oxygen atoms in total. The molecule has 1 rings (SSSR count). The van der Waals surface area contributed by atoms with Gasteiger partial charge in [0.15, 0.2) is 0 Å². The average Bonchev–Trinajstić information content (AvgIpc) is 2.35. The molecule has 0 spiro atoms. The van der Waals surface area contributed by atoms with Gasteiger partial charge in [0.1, 0.15) is 11.9 Å². The Hall–Kier alpha value is -0.710. The molecule has 0 bridgehead atoms. The van der Waals surface area contributed by atoms with Crippen molar-refractivity contribution < 1.29 is 9.84 Å². The summed E-state index contributed by atoms with van der Waals surface area (Å²) in [4.78, 5) is 0. The Bertz CT molecular complexity index is 429. The molecule has 4 heteroatoms. The van der Waals surface area contributed by atoms with E-state index in [0.717, 1.165) is 20.7 Å². The Labute approximate surface area is 115 Å². The van der Waals surface area contributed by atoms with E-state index in [1.807, 2.05) is 36.6 Å². The van der Waals surface area contributed by atoms with E-state index in [9.17, 15) is 5.11 Å². The number of methoxy groups -OCH3 is 1. The number of hydrogen-bond donors (Lipinski definition) is 1. The second-order valence-electron chi connectivity index (χ2n) is 3.51. The van der Waals surface area contributed by atoms with Crippen LogP contribution >= 0.6 is 27.7 Å². The molecule has 92 valence electrons. The first-order valence-corrected chi connectivity index (χ1v) is 6.71. The van der Waals surface area contributed by atoms with E-state index in [-0.39, 0.29) is 0 Å². The van der Waals surface area contributed by atoms with Crippen LogP contribution in [0.5, 0.6) is 5.75 Å². The molecule has 0 aromatic heterocycles. The lowest BCUT2D eigenvalue weighted by atomic mass is 10.0. The van der Waals surface area contributed by atoms with Crippen molar-refractivity contribution in [3.63, 3.8) is 0 Å². The molecule has 17 heavy (non-hydrogen) atoms. The Morgan fingerprint density at radius 3 is 2.88 bits per heavy atom. The average molecular weight is 315 g/mol. The number of halogens is 1. The number of thioether (sulfide) groups is 1. The highest BCUT2D eigenvalue weighted by Gasteiger charge is 2.10. The van der Waals surface area contributed by atoms with E-state index in [2.05, 4.69) is 22.5 Å². The number of rotatable bonds is 5. The van der Waals surface area contributed by atoms with Crippen molar-refractivity contribution in [2.75, 3.05) is 7.11 Å². The maximum Gasteiger partial charge on any atom is 0.119 e. The Morgan fingerprint density at radius 2 is 2.29 bits per heavy atom. The third kappa shape index (κ3) is 4.58. The molecule has 0 saturated heterocycles. The smallest absolute Gasteiger partial charge is 0.119 e. The van der Waals surface area contributed by atoms with Crippen LogP contribution < -0.4 is 4.74 Å². The van der Waals surface area contributed by atoms with E-state index >= 15 is 0 Å².